The minimum Gasteiger partial charge on any atom is -0.484 e. The second kappa shape index (κ2) is 7.10. The number of carbonyl (C=O) groups excluding carboxylic acids is 1. The van der Waals surface area contributed by atoms with Gasteiger partial charge in [0.05, 0.1) is 24.1 Å². The zero-order valence-corrected chi connectivity index (χ0v) is 11.8. The second-order valence-corrected chi connectivity index (χ2v) is 4.55. The summed E-state index contributed by atoms with van der Waals surface area (Å²) in [5, 5.41) is 11.6. The number of alkyl halides is 3. The van der Waals surface area contributed by atoms with Crippen LogP contribution in [0, 0.1) is 0 Å². The van der Waals surface area contributed by atoms with Crippen molar-refractivity contribution in [2.75, 3.05) is 11.9 Å². The largest absolute Gasteiger partial charge is 0.484 e. The number of aliphatic hydroxyl groups is 1. The highest BCUT2D eigenvalue weighted by atomic mass is 19.4. The molecule has 0 aliphatic carbocycles. The number of nitrogens with one attached hydrogen (secondary N) is 1. The molecule has 0 atom stereocenters. The van der Waals surface area contributed by atoms with E-state index < -0.39 is 17.6 Å². The average molecular weight is 326 g/mol. The van der Waals surface area contributed by atoms with E-state index in [4.69, 9.17) is 9.84 Å². The fraction of sp³-hybridized carbons (Fsp3) is 0.200. The number of aromatic nitrogens is 1. The summed E-state index contributed by atoms with van der Waals surface area (Å²) in [6, 6.07) is 5.57. The van der Waals surface area contributed by atoms with Crippen molar-refractivity contribution in [3.63, 3.8) is 0 Å². The molecule has 2 N–H and O–H groups in total. The van der Waals surface area contributed by atoms with Gasteiger partial charge in [-0.05, 0) is 30.3 Å². The van der Waals surface area contributed by atoms with Gasteiger partial charge < -0.3 is 15.2 Å². The number of nitrogens with zero attached hydrogens (tertiary/aromatic N) is 1. The molecule has 1 aromatic heterocycles. The topological polar surface area (TPSA) is 71.5 Å². The molecule has 1 aromatic carbocycles. The fourth-order valence-electron chi connectivity index (χ4n) is 1.75. The second-order valence-electron chi connectivity index (χ2n) is 4.55. The van der Waals surface area contributed by atoms with E-state index in [9.17, 15) is 18.0 Å². The summed E-state index contributed by atoms with van der Waals surface area (Å²) in [4.78, 5) is 15.6. The Morgan fingerprint density at radius 2 is 1.91 bits per heavy atom. The molecule has 2 aromatic rings. The van der Waals surface area contributed by atoms with Crippen molar-refractivity contribution in [2.45, 2.75) is 12.8 Å². The van der Waals surface area contributed by atoms with Crippen molar-refractivity contribution in [2.24, 2.45) is 0 Å². The normalized spacial score (nSPS) is 11.1. The number of benzene rings is 1. The minimum absolute atomic E-state index is 0.140. The molecule has 0 radical (unpaired) electrons. The lowest BCUT2D eigenvalue weighted by atomic mass is 10.2. The molecule has 0 fully saturated rings. The smallest absolute Gasteiger partial charge is 0.416 e. The van der Waals surface area contributed by atoms with Crippen LogP contribution in [0.25, 0.3) is 0 Å². The van der Waals surface area contributed by atoms with Crippen molar-refractivity contribution in [3.8, 4) is 5.75 Å². The lowest BCUT2D eigenvalue weighted by molar-refractivity contribution is -0.137. The van der Waals surface area contributed by atoms with Gasteiger partial charge in [0, 0.05) is 11.8 Å². The molecule has 0 saturated carbocycles. The van der Waals surface area contributed by atoms with E-state index in [0.717, 1.165) is 24.3 Å². The number of ether oxygens (including phenoxy) is 1. The molecule has 0 bridgehead atoms. The molecular weight excluding hydrogens is 313 g/mol. The summed E-state index contributed by atoms with van der Waals surface area (Å²) >= 11 is 0. The maximum absolute atomic E-state index is 12.4. The highest BCUT2D eigenvalue weighted by Gasteiger charge is 2.30. The van der Waals surface area contributed by atoms with Crippen molar-refractivity contribution in [3.05, 3.63) is 53.9 Å². The molecule has 0 saturated heterocycles. The summed E-state index contributed by atoms with van der Waals surface area (Å²) in [7, 11) is 0. The zero-order chi connectivity index (χ0) is 16.9. The number of hydrogen-bond donors (Lipinski definition) is 2. The van der Waals surface area contributed by atoms with Crippen molar-refractivity contribution in [1.82, 2.24) is 4.98 Å². The van der Waals surface area contributed by atoms with E-state index >= 15 is 0 Å². The van der Waals surface area contributed by atoms with E-state index in [0.29, 0.717) is 11.3 Å². The molecule has 8 heteroatoms. The maximum Gasteiger partial charge on any atom is 0.416 e. The first kappa shape index (κ1) is 16.8. The molecule has 122 valence electrons. The summed E-state index contributed by atoms with van der Waals surface area (Å²) in [6.45, 7) is -0.650. The predicted octanol–water partition coefficient (Wildman–Crippen LogP) is 2.61. The third-order valence-corrected chi connectivity index (χ3v) is 2.91. The number of halogens is 3. The van der Waals surface area contributed by atoms with Gasteiger partial charge in [0.15, 0.2) is 6.61 Å². The monoisotopic (exact) mass is 326 g/mol. The molecule has 0 aliphatic rings. The molecule has 0 spiro atoms. The van der Waals surface area contributed by atoms with E-state index in [2.05, 4.69) is 10.3 Å². The van der Waals surface area contributed by atoms with Crippen LogP contribution >= 0.6 is 0 Å². The summed E-state index contributed by atoms with van der Waals surface area (Å²) in [6.07, 6.45) is -1.57. The van der Waals surface area contributed by atoms with Gasteiger partial charge >= 0.3 is 6.18 Å². The van der Waals surface area contributed by atoms with Crippen LogP contribution in [0.1, 0.15) is 11.1 Å². The number of hydrogen-bond acceptors (Lipinski definition) is 4. The zero-order valence-electron chi connectivity index (χ0n) is 11.8. The standard InChI is InChI=1S/C15H13F3N2O3/c16-15(17,18)11-1-3-12(4-2-11)23-9-14(22)20-13-7-19-6-5-10(13)8-21/h1-7,21H,8-9H2,(H,20,22). The maximum atomic E-state index is 12.4. The van der Waals surface area contributed by atoms with Crippen LogP contribution in [0.15, 0.2) is 42.7 Å². The number of pyridine rings is 1. The Morgan fingerprint density at radius 3 is 2.52 bits per heavy atom. The Kier molecular flexibility index (Phi) is 5.17. The number of carbonyl (C=O) groups is 1. The third kappa shape index (κ3) is 4.68. The molecule has 0 aliphatic heterocycles. The minimum atomic E-state index is -4.42. The Balaban J connectivity index is 1.92. The molecule has 23 heavy (non-hydrogen) atoms. The first-order chi connectivity index (χ1) is 10.9. The Bertz CT molecular complexity index is 672. The number of rotatable bonds is 5. The first-order valence-corrected chi connectivity index (χ1v) is 6.54. The number of aliphatic hydroxyl groups excluding tert-OH is 1. The summed E-state index contributed by atoms with van der Waals surface area (Å²) in [5.74, 6) is -0.380. The molecule has 5 nitrogen and oxygen atoms in total. The van der Waals surface area contributed by atoms with Crippen LogP contribution in [0.4, 0.5) is 18.9 Å². The average Bonchev–Trinajstić information content (AvgIpc) is 2.53. The van der Waals surface area contributed by atoms with Crippen molar-refractivity contribution in [1.29, 1.82) is 0 Å². The molecule has 1 heterocycles. The quantitative estimate of drug-likeness (QED) is 0.886. The highest BCUT2D eigenvalue weighted by molar-refractivity contribution is 5.92. The SMILES string of the molecule is O=C(COc1ccc(C(F)(F)F)cc1)Nc1cnccc1CO. The van der Waals surface area contributed by atoms with Gasteiger partial charge in [-0.2, -0.15) is 13.2 Å². The van der Waals surface area contributed by atoms with E-state index in [1.54, 1.807) is 6.07 Å². The van der Waals surface area contributed by atoms with Crippen LogP contribution in [-0.4, -0.2) is 22.6 Å². The Morgan fingerprint density at radius 1 is 1.22 bits per heavy atom. The lowest BCUT2D eigenvalue weighted by Gasteiger charge is -2.11. The highest BCUT2D eigenvalue weighted by Crippen LogP contribution is 2.30. The van der Waals surface area contributed by atoms with Gasteiger partial charge in [-0.25, -0.2) is 0 Å². The molecule has 2 rings (SSSR count). The number of amides is 1. The molecule has 0 unspecified atom stereocenters. The fourth-order valence-corrected chi connectivity index (χ4v) is 1.75. The lowest BCUT2D eigenvalue weighted by Crippen LogP contribution is -2.21. The van der Waals surface area contributed by atoms with Crippen LogP contribution in [0.2, 0.25) is 0 Å². The van der Waals surface area contributed by atoms with E-state index in [-0.39, 0.29) is 19.0 Å². The van der Waals surface area contributed by atoms with Crippen molar-refractivity contribution < 1.29 is 27.8 Å². The Hall–Kier alpha value is -2.61. The van der Waals surface area contributed by atoms with Gasteiger partial charge in [-0.3, -0.25) is 9.78 Å². The van der Waals surface area contributed by atoms with Gasteiger partial charge in [0.25, 0.3) is 5.91 Å². The van der Waals surface area contributed by atoms with Crippen molar-refractivity contribution >= 4 is 11.6 Å². The summed E-state index contributed by atoms with van der Waals surface area (Å²) in [5.41, 5.74) is 0.0381. The van der Waals surface area contributed by atoms with Crippen LogP contribution < -0.4 is 10.1 Å². The van der Waals surface area contributed by atoms with E-state index in [1.165, 1.54) is 12.4 Å². The van der Waals surface area contributed by atoms with Gasteiger partial charge in [-0.1, -0.05) is 0 Å². The van der Waals surface area contributed by atoms with E-state index in [1.807, 2.05) is 0 Å². The molecular formula is C15H13F3N2O3. The van der Waals surface area contributed by atoms with Crippen LogP contribution in [-0.2, 0) is 17.6 Å². The first-order valence-electron chi connectivity index (χ1n) is 6.54. The van der Waals surface area contributed by atoms with Crippen LogP contribution in [0.5, 0.6) is 5.75 Å². The van der Waals surface area contributed by atoms with Gasteiger partial charge in [0.2, 0.25) is 0 Å². The third-order valence-electron chi connectivity index (χ3n) is 2.91. The van der Waals surface area contributed by atoms with Crippen LogP contribution in [0.3, 0.4) is 0 Å². The Labute approximate surface area is 129 Å². The molecule has 1 amide bonds. The van der Waals surface area contributed by atoms with Gasteiger partial charge in [-0.15, -0.1) is 0 Å². The number of anilines is 1. The summed E-state index contributed by atoms with van der Waals surface area (Å²) < 4.78 is 42.4. The van der Waals surface area contributed by atoms with Gasteiger partial charge in [0.1, 0.15) is 5.75 Å². The predicted molar refractivity (Wildman–Crippen MR) is 75.7 cm³/mol.